The fourth-order valence-corrected chi connectivity index (χ4v) is 5.85. The van der Waals surface area contributed by atoms with Crippen LogP contribution in [0.1, 0.15) is 33.9 Å². The molecule has 4 aromatic carbocycles. The second-order valence-corrected chi connectivity index (χ2v) is 10.2. The average Bonchev–Trinajstić information content (AvgIpc) is 3.70. The molecule has 8 rings (SSSR count). The van der Waals surface area contributed by atoms with Crippen LogP contribution in [0.3, 0.4) is 0 Å². The van der Waals surface area contributed by atoms with Crippen molar-refractivity contribution in [2.75, 3.05) is 24.2 Å². The number of hydrogen-bond donors (Lipinski definition) is 2. The highest BCUT2D eigenvalue weighted by molar-refractivity contribution is 6.00. The van der Waals surface area contributed by atoms with E-state index < -0.39 is 18.7 Å². The van der Waals surface area contributed by atoms with Crippen molar-refractivity contribution in [3.05, 3.63) is 113 Å². The lowest BCUT2D eigenvalue weighted by Gasteiger charge is -2.38. The van der Waals surface area contributed by atoms with Crippen LogP contribution in [-0.2, 0) is 9.47 Å². The van der Waals surface area contributed by atoms with E-state index in [0.717, 1.165) is 27.9 Å². The Morgan fingerprint density at radius 1 is 0.721 bits per heavy atom. The number of benzene rings is 4. The van der Waals surface area contributed by atoms with Crippen molar-refractivity contribution in [1.29, 1.82) is 0 Å². The molecule has 0 bridgehead atoms. The maximum Gasteiger partial charge on any atom is 0.291 e. The second kappa shape index (κ2) is 9.78. The molecule has 2 N–H and O–H groups in total. The molecule has 3 atom stereocenters. The third kappa shape index (κ3) is 3.89. The predicted molar refractivity (Wildman–Crippen MR) is 161 cm³/mol. The van der Waals surface area contributed by atoms with Crippen LogP contribution < -0.4 is 24.8 Å². The molecule has 0 amide bonds. The van der Waals surface area contributed by atoms with E-state index in [0.29, 0.717) is 34.5 Å². The largest absolute Gasteiger partial charge is 0.504 e. The van der Waals surface area contributed by atoms with Gasteiger partial charge in [0.2, 0.25) is 11.8 Å². The number of aromatic hydroxyl groups is 1. The minimum absolute atomic E-state index is 0.0153. The van der Waals surface area contributed by atoms with Gasteiger partial charge in [-0.05, 0) is 48.5 Å². The van der Waals surface area contributed by atoms with Crippen molar-refractivity contribution in [2.45, 2.75) is 18.7 Å². The number of rotatable bonds is 5. The average molecular weight is 575 g/mol. The van der Waals surface area contributed by atoms with Gasteiger partial charge in [0, 0.05) is 34.0 Å². The molecule has 11 nitrogen and oxygen atoms in total. The number of ether oxygens (including phenoxy) is 4. The third-order valence-corrected chi connectivity index (χ3v) is 7.84. The van der Waals surface area contributed by atoms with E-state index in [4.69, 9.17) is 34.1 Å². The van der Waals surface area contributed by atoms with Crippen LogP contribution in [0.2, 0.25) is 0 Å². The molecule has 4 aliphatic rings. The minimum atomic E-state index is -0.660. The first kappa shape index (κ1) is 25.2. The quantitative estimate of drug-likeness (QED) is 0.359. The van der Waals surface area contributed by atoms with Crippen molar-refractivity contribution >= 4 is 29.4 Å². The Morgan fingerprint density at radius 3 is 2.05 bits per heavy atom. The number of nitrogens with one attached hydrogen (secondary N) is 1. The van der Waals surface area contributed by atoms with E-state index in [-0.39, 0.29) is 5.75 Å². The van der Waals surface area contributed by atoms with Gasteiger partial charge in [0.1, 0.15) is 5.75 Å². The first-order valence-electron chi connectivity index (χ1n) is 13.7. The summed E-state index contributed by atoms with van der Waals surface area (Å²) in [4.78, 5) is 4.70. The van der Waals surface area contributed by atoms with Crippen molar-refractivity contribution in [3.8, 4) is 17.2 Å². The smallest absolute Gasteiger partial charge is 0.291 e. The van der Waals surface area contributed by atoms with Gasteiger partial charge in [0.25, 0.3) is 12.7 Å². The lowest BCUT2D eigenvalue weighted by molar-refractivity contribution is 0.153. The maximum absolute atomic E-state index is 11.5. The van der Waals surface area contributed by atoms with E-state index in [9.17, 15) is 5.11 Å². The fourth-order valence-electron chi connectivity index (χ4n) is 5.85. The molecule has 0 aliphatic carbocycles. The van der Waals surface area contributed by atoms with E-state index in [2.05, 4.69) is 5.32 Å². The van der Waals surface area contributed by atoms with E-state index in [1.165, 1.54) is 7.11 Å². The van der Waals surface area contributed by atoms with Gasteiger partial charge in [-0.3, -0.25) is 5.32 Å². The molecule has 0 fully saturated rings. The molecular formula is C32H26N6O5. The standard InChI is InChI=1S/C32H26N6O5/c1-40-23-15-13-21-20(17-33-31-37(21)35-29(42-31)18-9-5-3-6-10-18)25(23)27-26-22(14-16-24(41-2)28(26)39)38-32(34-27)43-30(36-38)19-11-7-4-8-12-19/h3-17,27,31-32,34,39H,1-2H3. The van der Waals surface area contributed by atoms with Crippen molar-refractivity contribution < 1.29 is 24.1 Å². The zero-order valence-electron chi connectivity index (χ0n) is 23.2. The van der Waals surface area contributed by atoms with E-state index >= 15 is 0 Å². The molecule has 4 aromatic rings. The van der Waals surface area contributed by atoms with Crippen LogP contribution in [0, 0.1) is 0 Å². The van der Waals surface area contributed by atoms with Gasteiger partial charge in [-0.1, -0.05) is 36.4 Å². The summed E-state index contributed by atoms with van der Waals surface area (Å²) < 4.78 is 23.8. The number of hydrogen-bond acceptors (Lipinski definition) is 11. The molecule has 0 spiro atoms. The Balaban J connectivity index is 1.27. The summed E-state index contributed by atoms with van der Waals surface area (Å²) >= 11 is 0. The monoisotopic (exact) mass is 574 g/mol. The molecule has 0 radical (unpaired) electrons. The predicted octanol–water partition coefficient (Wildman–Crippen LogP) is 4.50. The van der Waals surface area contributed by atoms with Crippen LogP contribution >= 0.6 is 0 Å². The molecule has 43 heavy (non-hydrogen) atoms. The van der Waals surface area contributed by atoms with Gasteiger partial charge in [-0.2, -0.15) is 0 Å². The fraction of sp³-hybridized carbons (Fsp3) is 0.156. The van der Waals surface area contributed by atoms with Crippen LogP contribution in [0.25, 0.3) is 0 Å². The number of fused-ring (bicyclic) bond motifs is 6. The SMILES string of the molecule is COc1ccc2c(c1O)C(c1c(OC)ccc3c1C=NC1OC(c4ccccc4)=NN31)NC1OC(c3ccccc3)=NN21. The van der Waals surface area contributed by atoms with Gasteiger partial charge in [0.05, 0.1) is 31.6 Å². The number of hydrazone groups is 2. The molecule has 11 heteroatoms. The summed E-state index contributed by atoms with van der Waals surface area (Å²) in [6.07, 6.45) is 0.469. The minimum Gasteiger partial charge on any atom is -0.504 e. The Hall–Kier alpha value is -5.55. The number of methoxy groups -OCH3 is 2. The van der Waals surface area contributed by atoms with Crippen LogP contribution in [0.4, 0.5) is 11.4 Å². The van der Waals surface area contributed by atoms with Crippen LogP contribution in [0.15, 0.2) is 100 Å². The Morgan fingerprint density at radius 2 is 1.35 bits per heavy atom. The van der Waals surface area contributed by atoms with Gasteiger partial charge < -0.3 is 24.1 Å². The second-order valence-electron chi connectivity index (χ2n) is 10.2. The summed E-state index contributed by atoms with van der Waals surface area (Å²) in [6, 6.07) is 26.2. The first-order chi connectivity index (χ1) is 21.1. The van der Waals surface area contributed by atoms with Gasteiger partial charge in [-0.25, -0.2) is 15.0 Å². The number of aliphatic imine (C=N–C) groups is 1. The number of phenolic OH excluding ortho intramolecular Hbond substituents is 1. The topological polar surface area (TPSA) is 113 Å². The lowest BCUT2D eigenvalue weighted by atomic mass is 9.89. The maximum atomic E-state index is 11.5. The van der Waals surface area contributed by atoms with Crippen LogP contribution in [0.5, 0.6) is 17.2 Å². The number of nitrogens with zero attached hydrogens (tertiary/aromatic N) is 5. The highest BCUT2D eigenvalue weighted by Crippen LogP contribution is 2.50. The van der Waals surface area contributed by atoms with Crippen LogP contribution in [-0.4, -0.2) is 50.0 Å². The first-order valence-corrected chi connectivity index (χ1v) is 13.7. The van der Waals surface area contributed by atoms with Gasteiger partial charge >= 0.3 is 0 Å². The zero-order valence-corrected chi connectivity index (χ0v) is 23.2. The van der Waals surface area contributed by atoms with E-state index in [1.807, 2.05) is 78.9 Å². The molecule has 4 aliphatic heterocycles. The summed E-state index contributed by atoms with van der Waals surface area (Å²) in [5.74, 6) is 1.86. The van der Waals surface area contributed by atoms with Crippen molar-refractivity contribution in [1.82, 2.24) is 5.32 Å². The summed E-state index contributed by atoms with van der Waals surface area (Å²) in [6.45, 7) is 0. The lowest BCUT2D eigenvalue weighted by Crippen LogP contribution is -2.48. The third-order valence-electron chi connectivity index (χ3n) is 7.84. The molecule has 4 heterocycles. The number of phenols is 1. The Bertz CT molecular complexity index is 1830. The van der Waals surface area contributed by atoms with Crippen molar-refractivity contribution in [3.63, 3.8) is 0 Å². The van der Waals surface area contributed by atoms with E-state index in [1.54, 1.807) is 29.4 Å². The van der Waals surface area contributed by atoms with Gasteiger partial charge in [0.15, 0.2) is 11.5 Å². The highest BCUT2D eigenvalue weighted by Gasteiger charge is 2.44. The summed E-state index contributed by atoms with van der Waals surface area (Å²) in [7, 11) is 3.14. The van der Waals surface area contributed by atoms with Gasteiger partial charge in [-0.15, -0.1) is 10.2 Å². The molecule has 214 valence electrons. The number of anilines is 2. The zero-order chi connectivity index (χ0) is 29.1. The molecule has 0 aromatic heterocycles. The summed E-state index contributed by atoms with van der Waals surface area (Å²) in [5.41, 5.74) is 5.20. The normalized spacial score (nSPS) is 21.0. The van der Waals surface area contributed by atoms with Crippen molar-refractivity contribution in [2.24, 2.45) is 15.2 Å². The molecular weight excluding hydrogens is 548 g/mol. The highest BCUT2D eigenvalue weighted by atomic mass is 16.6. The summed E-state index contributed by atoms with van der Waals surface area (Å²) in [5, 5.41) is 28.1. The molecule has 0 saturated heterocycles. The molecule has 3 unspecified atom stereocenters. The Labute approximate surface area is 246 Å². The Kier molecular flexibility index (Phi) is 5.73. The molecule has 0 saturated carbocycles.